The van der Waals surface area contributed by atoms with Crippen molar-refractivity contribution in [3.63, 3.8) is 0 Å². The van der Waals surface area contributed by atoms with E-state index in [4.69, 9.17) is 0 Å². The zero-order chi connectivity index (χ0) is 18.5. The zero-order valence-corrected chi connectivity index (χ0v) is 14.0. The van der Waals surface area contributed by atoms with Crippen LogP contribution in [0, 0.1) is 5.82 Å². The van der Waals surface area contributed by atoms with E-state index in [1.165, 1.54) is 30.3 Å². The molecule has 1 aromatic heterocycles. The lowest BCUT2D eigenvalue weighted by Gasteiger charge is -2.05. The van der Waals surface area contributed by atoms with Gasteiger partial charge >= 0.3 is 0 Å². The normalized spacial score (nSPS) is 10.8. The highest BCUT2D eigenvalue weighted by Crippen LogP contribution is 2.12. The molecular weight excluding hydrogens is 333 g/mol. The molecule has 1 heterocycles. The second-order valence-corrected chi connectivity index (χ2v) is 5.64. The SMILES string of the molecule is Cn1ccnc1C(=O)/C=C/c1ccc(C(=O)Nc2ccc(F)cc2)cc1. The summed E-state index contributed by atoms with van der Waals surface area (Å²) in [5.41, 5.74) is 1.76. The van der Waals surface area contributed by atoms with Gasteiger partial charge in [0.15, 0.2) is 5.82 Å². The number of carbonyl (C=O) groups is 2. The summed E-state index contributed by atoms with van der Waals surface area (Å²) in [6.45, 7) is 0. The number of aromatic nitrogens is 2. The smallest absolute Gasteiger partial charge is 0.255 e. The predicted molar refractivity (Wildman–Crippen MR) is 97.4 cm³/mol. The fourth-order valence-electron chi connectivity index (χ4n) is 2.33. The van der Waals surface area contributed by atoms with Crippen LogP contribution >= 0.6 is 0 Å². The van der Waals surface area contributed by atoms with Crippen LogP contribution in [0.2, 0.25) is 0 Å². The molecule has 0 aliphatic heterocycles. The number of halogens is 1. The summed E-state index contributed by atoms with van der Waals surface area (Å²) in [7, 11) is 1.75. The van der Waals surface area contributed by atoms with Crippen molar-refractivity contribution < 1.29 is 14.0 Å². The van der Waals surface area contributed by atoms with Crippen molar-refractivity contribution >= 4 is 23.5 Å². The second-order valence-electron chi connectivity index (χ2n) is 5.64. The average Bonchev–Trinajstić information content (AvgIpc) is 3.08. The van der Waals surface area contributed by atoms with E-state index in [1.807, 2.05) is 0 Å². The van der Waals surface area contributed by atoms with Gasteiger partial charge in [0.05, 0.1) is 0 Å². The molecule has 0 fully saturated rings. The molecule has 5 nitrogen and oxygen atoms in total. The molecule has 3 rings (SSSR count). The first-order valence-corrected chi connectivity index (χ1v) is 7.89. The number of amides is 1. The fourth-order valence-corrected chi connectivity index (χ4v) is 2.33. The highest BCUT2D eigenvalue weighted by molar-refractivity contribution is 6.05. The maximum absolute atomic E-state index is 12.9. The number of nitrogens with one attached hydrogen (secondary N) is 1. The third-order valence-electron chi connectivity index (χ3n) is 3.74. The summed E-state index contributed by atoms with van der Waals surface area (Å²) in [6.07, 6.45) is 6.37. The Morgan fingerprint density at radius 2 is 1.77 bits per heavy atom. The Morgan fingerprint density at radius 3 is 2.38 bits per heavy atom. The number of rotatable bonds is 5. The van der Waals surface area contributed by atoms with E-state index < -0.39 is 0 Å². The van der Waals surface area contributed by atoms with Crippen LogP contribution in [-0.2, 0) is 7.05 Å². The summed E-state index contributed by atoms with van der Waals surface area (Å²) in [5.74, 6) is -0.498. The lowest BCUT2D eigenvalue weighted by molar-refractivity contribution is 0.102. The molecular formula is C20H16FN3O2. The Labute approximate surface area is 149 Å². The Morgan fingerprint density at radius 1 is 1.08 bits per heavy atom. The van der Waals surface area contributed by atoms with E-state index in [2.05, 4.69) is 10.3 Å². The van der Waals surface area contributed by atoms with Crippen molar-refractivity contribution in [2.45, 2.75) is 0 Å². The minimum absolute atomic E-state index is 0.198. The molecule has 0 saturated heterocycles. The van der Waals surface area contributed by atoms with E-state index in [0.29, 0.717) is 17.1 Å². The molecule has 0 atom stereocenters. The number of hydrogen-bond donors (Lipinski definition) is 1. The van der Waals surface area contributed by atoms with Gasteiger partial charge in [-0.05, 0) is 48.0 Å². The van der Waals surface area contributed by atoms with Gasteiger partial charge in [0.1, 0.15) is 5.82 Å². The van der Waals surface area contributed by atoms with Gasteiger partial charge in [-0.3, -0.25) is 9.59 Å². The van der Waals surface area contributed by atoms with Crippen LogP contribution in [0.15, 0.2) is 67.0 Å². The Bertz CT molecular complexity index is 957. The standard InChI is InChI=1S/C20H16FN3O2/c1-24-13-12-22-19(24)18(25)11-4-14-2-5-15(6-3-14)20(26)23-17-9-7-16(21)8-10-17/h2-13H,1H3,(H,23,26)/b11-4+. The zero-order valence-electron chi connectivity index (χ0n) is 14.0. The van der Waals surface area contributed by atoms with Gasteiger partial charge < -0.3 is 9.88 Å². The molecule has 6 heteroatoms. The van der Waals surface area contributed by atoms with Crippen LogP contribution in [0.25, 0.3) is 6.08 Å². The Hall–Kier alpha value is -3.54. The summed E-state index contributed by atoms with van der Waals surface area (Å²) < 4.78 is 14.5. The predicted octanol–water partition coefficient (Wildman–Crippen LogP) is 3.71. The topological polar surface area (TPSA) is 64.0 Å². The van der Waals surface area contributed by atoms with Crippen LogP contribution < -0.4 is 5.32 Å². The number of carbonyl (C=O) groups excluding carboxylic acids is 2. The number of aryl methyl sites for hydroxylation is 1. The number of hydrogen-bond acceptors (Lipinski definition) is 3. The molecule has 1 amide bonds. The molecule has 0 unspecified atom stereocenters. The molecule has 0 bridgehead atoms. The van der Waals surface area contributed by atoms with Gasteiger partial charge in [-0.25, -0.2) is 9.37 Å². The quantitative estimate of drug-likeness (QED) is 0.564. The van der Waals surface area contributed by atoms with Crippen LogP contribution in [0.3, 0.4) is 0 Å². The summed E-state index contributed by atoms with van der Waals surface area (Å²) >= 11 is 0. The number of ketones is 1. The van der Waals surface area contributed by atoms with Gasteiger partial charge in [0, 0.05) is 30.7 Å². The van der Waals surface area contributed by atoms with E-state index in [9.17, 15) is 14.0 Å². The van der Waals surface area contributed by atoms with Crippen LogP contribution in [-0.4, -0.2) is 21.2 Å². The van der Waals surface area contributed by atoms with Gasteiger partial charge in [-0.2, -0.15) is 0 Å². The Kier molecular flexibility index (Phi) is 5.03. The van der Waals surface area contributed by atoms with E-state index >= 15 is 0 Å². The molecule has 0 radical (unpaired) electrons. The molecule has 2 aromatic carbocycles. The molecule has 26 heavy (non-hydrogen) atoms. The van der Waals surface area contributed by atoms with Crippen molar-refractivity contribution in [3.8, 4) is 0 Å². The van der Waals surface area contributed by atoms with Crippen molar-refractivity contribution in [2.24, 2.45) is 7.05 Å². The second kappa shape index (κ2) is 7.57. The van der Waals surface area contributed by atoms with E-state index in [-0.39, 0.29) is 17.5 Å². The molecule has 0 aliphatic rings. The third kappa shape index (κ3) is 4.10. The number of imidazole rings is 1. The van der Waals surface area contributed by atoms with Gasteiger partial charge in [0.25, 0.3) is 5.91 Å². The molecule has 0 aliphatic carbocycles. The lowest BCUT2D eigenvalue weighted by atomic mass is 10.1. The molecule has 0 spiro atoms. The summed E-state index contributed by atoms with van der Waals surface area (Å²) in [6, 6.07) is 12.3. The highest BCUT2D eigenvalue weighted by atomic mass is 19.1. The van der Waals surface area contributed by atoms with Crippen molar-refractivity contribution in [1.82, 2.24) is 9.55 Å². The number of benzene rings is 2. The maximum Gasteiger partial charge on any atom is 0.255 e. The first kappa shape index (κ1) is 17.3. The average molecular weight is 349 g/mol. The van der Waals surface area contributed by atoms with Crippen molar-refractivity contribution in [3.05, 3.63) is 89.8 Å². The summed E-state index contributed by atoms with van der Waals surface area (Å²) in [4.78, 5) is 28.2. The molecule has 1 N–H and O–H groups in total. The van der Waals surface area contributed by atoms with Crippen LogP contribution in [0.4, 0.5) is 10.1 Å². The van der Waals surface area contributed by atoms with Crippen LogP contribution in [0.1, 0.15) is 26.5 Å². The lowest BCUT2D eigenvalue weighted by Crippen LogP contribution is -2.11. The molecule has 130 valence electrons. The highest BCUT2D eigenvalue weighted by Gasteiger charge is 2.08. The maximum atomic E-state index is 12.9. The van der Waals surface area contributed by atoms with Gasteiger partial charge in [-0.15, -0.1) is 0 Å². The van der Waals surface area contributed by atoms with Crippen molar-refractivity contribution in [2.75, 3.05) is 5.32 Å². The number of allylic oxidation sites excluding steroid dienone is 1. The Balaban J connectivity index is 1.65. The molecule has 3 aromatic rings. The van der Waals surface area contributed by atoms with E-state index in [1.54, 1.807) is 54.3 Å². The van der Waals surface area contributed by atoms with Crippen molar-refractivity contribution in [1.29, 1.82) is 0 Å². The van der Waals surface area contributed by atoms with Gasteiger partial charge in [0.2, 0.25) is 5.78 Å². The minimum Gasteiger partial charge on any atom is -0.331 e. The van der Waals surface area contributed by atoms with Crippen LogP contribution in [0.5, 0.6) is 0 Å². The largest absolute Gasteiger partial charge is 0.331 e. The summed E-state index contributed by atoms with van der Waals surface area (Å²) in [5, 5.41) is 2.69. The molecule has 0 saturated carbocycles. The number of anilines is 1. The third-order valence-corrected chi connectivity index (χ3v) is 3.74. The van der Waals surface area contributed by atoms with Gasteiger partial charge in [-0.1, -0.05) is 18.2 Å². The fraction of sp³-hybridized carbons (Fsp3) is 0.0500. The van der Waals surface area contributed by atoms with E-state index in [0.717, 1.165) is 5.56 Å². The first-order chi connectivity index (χ1) is 12.5. The minimum atomic E-state index is -0.362. The monoisotopic (exact) mass is 349 g/mol. The first-order valence-electron chi connectivity index (χ1n) is 7.89. The number of nitrogens with zero attached hydrogens (tertiary/aromatic N) is 2.